The summed E-state index contributed by atoms with van der Waals surface area (Å²) in [5.41, 5.74) is 0. The highest BCUT2D eigenvalue weighted by Gasteiger charge is 2.22. The lowest BCUT2D eigenvalue weighted by Gasteiger charge is -2.31. The average molecular weight is 171 g/mol. The standard InChI is InChI=1S/C10H21NO/c1-3-4-10(12)9-5-7-11(2)8-6-9/h9-10,12H,3-8H2,1-2H3. The normalized spacial score (nSPS) is 24.2. The molecule has 0 aromatic rings. The maximum absolute atomic E-state index is 9.74. The first-order valence-electron chi connectivity index (χ1n) is 5.10. The van der Waals surface area contributed by atoms with Crippen molar-refractivity contribution in [1.82, 2.24) is 4.90 Å². The van der Waals surface area contributed by atoms with E-state index in [4.69, 9.17) is 0 Å². The highest BCUT2D eigenvalue weighted by atomic mass is 16.3. The Labute approximate surface area is 75.6 Å². The zero-order valence-corrected chi connectivity index (χ0v) is 8.29. The number of piperidine rings is 1. The smallest absolute Gasteiger partial charge is 0.0569 e. The summed E-state index contributed by atoms with van der Waals surface area (Å²) in [6.45, 7) is 4.45. The first kappa shape index (κ1) is 10.0. The lowest BCUT2D eigenvalue weighted by atomic mass is 9.89. The van der Waals surface area contributed by atoms with Gasteiger partial charge in [-0.25, -0.2) is 0 Å². The highest BCUT2D eigenvalue weighted by molar-refractivity contribution is 4.75. The molecule has 0 aromatic heterocycles. The van der Waals surface area contributed by atoms with Gasteiger partial charge in [0.05, 0.1) is 6.10 Å². The van der Waals surface area contributed by atoms with Gasteiger partial charge >= 0.3 is 0 Å². The highest BCUT2D eigenvalue weighted by Crippen LogP contribution is 2.21. The summed E-state index contributed by atoms with van der Waals surface area (Å²) in [6.07, 6.45) is 4.40. The minimum atomic E-state index is -0.0382. The molecule has 1 atom stereocenters. The number of rotatable bonds is 3. The molecule has 0 spiro atoms. The summed E-state index contributed by atoms with van der Waals surface area (Å²) in [7, 11) is 2.16. The van der Waals surface area contributed by atoms with Gasteiger partial charge in [0, 0.05) is 0 Å². The molecule has 0 aromatic carbocycles. The number of hydrogen-bond donors (Lipinski definition) is 1. The van der Waals surface area contributed by atoms with Crippen LogP contribution in [0.4, 0.5) is 0 Å². The molecule has 12 heavy (non-hydrogen) atoms. The Kier molecular flexibility index (Phi) is 4.02. The van der Waals surface area contributed by atoms with Gasteiger partial charge < -0.3 is 10.0 Å². The van der Waals surface area contributed by atoms with Crippen LogP contribution in [0, 0.1) is 5.92 Å². The molecule has 1 unspecified atom stereocenters. The first-order chi connectivity index (χ1) is 5.74. The minimum Gasteiger partial charge on any atom is -0.393 e. The third-order valence-corrected chi connectivity index (χ3v) is 2.89. The van der Waals surface area contributed by atoms with E-state index in [0.29, 0.717) is 5.92 Å². The number of nitrogens with zero attached hydrogens (tertiary/aromatic N) is 1. The number of hydrogen-bond acceptors (Lipinski definition) is 2. The van der Waals surface area contributed by atoms with Crippen LogP contribution in [0.1, 0.15) is 32.6 Å². The summed E-state index contributed by atoms with van der Waals surface area (Å²) in [4.78, 5) is 2.34. The third kappa shape index (κ3) is 2.76. The third-order valence-electron chi connectivity index (χ3n) is 2.89. The topological polar surface area (TPSA) is 23.5 Å². The summed E-state index contributed by atoms with van der Waals surface area (Å²) in [5, 5.41) is 9.74. The van der Waals surface area contributed by atoms with Gasteiger partial charge in [0.15, 0.2) is 0 Å². The van der Waals surface area contributed by atoms with Gasteiger partial charge in [0.2, 0.25) is 0 Å². The van der Waals surface area contributed by atoms with E-state index in [1.165, 1.54) is 12.8 Å². The molecule has 1 rings (SSSR count). The second-order valence-corrected chi connectivity index (χ2v) is 4.00. The predicted molar refractivity (Wildman–Crippen MR) is 51.1 cm³/mol. The summed E-state index contributed by atoms with van der Waals surface area (Å²) in [6, 6.07) is 0. The molecule has 1 aliphatic rings. The minimum absolute atomic E-state index is 0.0382. The molecular formula is C10H21NO. The molecule has 2 nitrogen and oxygen atoms in total. The van der Waals surface area contributed by atoms with E-state index >= 15 is 0 Å². The molecule has 2 heteroatoms. The van der Waals surface area contributed by atoms with Crippen molar-refractivity contribution >= 4 is 0 Å². The van der Waals surface area contributed by atoms with E-state index in [-0.39, 0.29) is 6.10 Å². The summed E-state index contributed by atoms with van der Waals surface area (Å²) >= 11 is 0. The maximum atomic E-state index is 9.74. The molecule has 1 fully saturated rings. The lowest BCUT2D eigenvalue weighted by molar-refractivity contribution is 0.0594. The molecule has 1 aliphatic heterocycles. The van der Waals surface area contributed by atoms with Gasteiger partial charge in [0.25, 0.3) is 0 Å². The first-order valence-corrected chi connectivity index (χ1v) is 5.10. The zero-order valence-electron chi connectivity index (χ0n) is 8.29. The van der Waals surface area contributed by atoms with Crippen LogP contribution < -0.4 is 0 Å². The van der Waals surface area contributed by atoms with Crippen LogP contribution in [-0.2, 0) is 0 Å². The van der Waals surface area contributed by atoms with E-state index in [2.05, 4.69) is 18.9 Å². The Morgan fingerprint density at radius 3 is 2.50 bits per heavy atom. The largest absolute Gasteiger partial charge is 0.393 e. The molecule has 1 heterocycles. The van der Waals surface area contributed by atoms with Gasteiger partial charge in [-0.05, 0) is 45.3 Å². The van der Waals surface area contributed by atoms with Crippen molar-refractivity contribution in [2.75, 3.05) is 20.1 Å². The Morgan fingerprint density at radius 2 is 2.00 bits per heavy atom. The quantitative estimate of drug-likeness (QED) is 0.695. The number of likely N-dealkylation sites (tertiary alicyclic amines) is 1. The van der Waals surface area contributed by atoms with Crippen LogP contribution in [0.2, 0.25) is 0 Å². The fourth-order valence-electron chi connectivity index (χ4n) is 1.94. The number of aliphatic hydroxyl groups is 1. The molecule has 0 amide bonds. The Morgan fingerprint density at radius 1 is 1.42 bits per heavy atom. The van der Waals surface area contributed by atoms with Crippen molar-refractivity contribution in [3.05, 3.63) is 0 Å². The lowest BCUT2D eigenvalue weighted by Crippen LogP contribution is -2.35. The van der Waals surface area contributed by atoms with Crippen molar-refractivity contribution in [1.29, 1.82) is 0 Å². The van der Waals surface area contributed by atoms with E-state index in [9.17, 15) is 5.11 Å². The van der Waals surface area contributed by atoms with E-state index in [1.54, 1.807) is 0 Å². The van der Waals surface area contributed by atoms with E-state index in [1.807, 2.05) is 0 Å². The molecule has 0 aliphatic carbocycles. The summed E-state index contributed by atoms with van der Waals surface area (Å²) < 4.78 is 0. The monoisotopic (exact) mass is 171 g/mol. The molecule has 1 N–H and O–H groups in total. The van der Waals surface area contributed by atoms with Crippen LogP contribution in [0.3, 0.4) is 0 Å². The van der Waals surface area contributed by atoms with Crippen molar-refractivity contribution in [2.24, 2.45) is 5.92 Å². The fraction of sp³-hybridized carbons (Fsp3) is 1.00. The van der Waals surface area contributed by atoms with Gasteiger partial charge in [-0.2, -0.15) is 0 Å². The molecule has 72 valence electrons. The van der Waals surface area contributed by atoms with E-state index < -0.39 is 0 Å². The second kappa shape index (κ2) is 4.83. The molecule has 0 radical (unpaired) electrons. The van der Waals surface area contributed by atoms with Gasteiger partial charge in [-0.1, -0.05) is 13.3 Å². The maximum Gasteiger partial charge on any atom is 0.0569 e. The van der Waals surface area contributed by atoms with Crippen LogP contribution in [0.5, 0.6) is 0 Å². The van der Waals surface area contributed by atoms with Crippen LogP contribution >= 0.6 is 0 Å². The number of aliphatic hydroxyl groups excluding tert-OH is 1. The van der Waals surface area contributed by atoms with E-state index in [0.717, 1.165) is 25.9 Å². The summed E-state index contributed by atoms with van der Waals surface area (Å²) in [5.74, 6) is 0.571. The Hall–Kier alpha value is -0.0800. The predicted octanol–water partition coefficient (Wildman–Crippen LogP) is 1.49. The zero-order chi connectivity index (χ0) is 8.97. The van der Waals surface area contributed by atoms with Gasteiger partial charge in [-0.15, -0.1) is 0 Å². The van der Waals surface area contributed by atoms with Crippen molar-refractivity contribution in [2.45, 2.75) is 38.7 Å². The Balaban J connectivity index is 2.24. The van der Waals surface area contributed by atoms with Gasteiger partial charge in [0.1, 0.15) is 0 Å². The fourth-order valence-corrected chi connectivity index (χ4v) is 1.94. The van der Waals surface area contributed by atoms with Gasteiger partial charge in [-0.3, -0.25) is 0 Å². The molecule has 0 bridgehead atoms. The van der Waals surface area contributed by atoms with Crippen LogP contribution in [-0.4, -0.2) is 36.2 Å². The van der Waals surface area contributed by atoms with Crippen molar-refractivity contribution in [3.63, 3.8) is 0 Å². The molecule has 0 saturated carbocycles. The van der Waals surface area contributed by atoms with Crippen LogP contribution in [0.15, 0.2) is 0 Å². The second-order valence-electron chi connectivity index (χ2n) is 4.00. The van der Waals surface area contributed by atoms with Crippen LogP contribution in [0.25, 0.3) is 0 Å². The SMILES string of the molecule is CCCC(O)C1CCN(C)CC1. The Bertz CT molecular complexity index is 119. The van der Waals surface area contributed by atoms with Crippen molar-refractivity contribution in [3.8, 4) is 0 Å². The molecule has 1 saturated heterocycles. The average Bonchev–Trinajstić information content (AvgIpc) is 2.06. The van der Waals surface area contributed by atoms with Crippen molar-refractivity contribution < 1.29 is 5.11 Å². The molecular weight excluding hydrogens is 150 g/mol.